The molecule has 1 aromatic carbocycles. The van der Waals surface area contributed by atoms with Gasteiger partial charge in [-0.25, -0.2) is 5.43 Å². The number of hydrazone groups is 1. The zero-order chi connectivity index (χ0) is 14.8. The fourth-order valence-electron chi connectivity index (χ4n) is 3.10. The molecule has 0 radical (unpaired) electrons. The summed E-state index contributed by atoms with van der Waals surface area (Å²) in [5, 5.41) is 4.35. The van der Waals surface area contributed by atoms with Crippen LogP contribution in [0.5, 0.6) is 0 Å². The largest absolute Gasteiger partial charge is 0.271 e. The van der Waals surface area contributed by atoms with E-state index in [1.807, 2.05) is 31.2 Å². The van der Waals surface area contributed by atoms with Crippen molar-refractivity contribution >= 4 is 11.6 Å². The van der Waals surface area contributed by atoms with Gasteiger partial charge in [0.2, 0.25) is 0 Å². The van der Waals surface area contributed by atoms with Crippen molar-refractivity contribution in [1.29, 1.82) is 0 Å². The Labute approximate surface area is 121 Å². The molecule has 0 bridgehead atoms. The number of nitrogens with zero attached hydrogens (tertiary/aromatic N) is 1. The summed E-state index contributed by atoms with van der Waals surface area (Å²) in [5.41, 5.74) is 5.89. The van der Waals surface area contributed by atoms with E-state index < -0.39 is 0 Å². The molecule has 0 aliphatic heterocycles. The molecule has 108 valence electrons. The first-order chi connectivity index (χ1) is 9.35. The molecule has 3 heteroatoms. The highest BCUT2D eigenvalue weighted by molar-refractivity contribution is 5.95. The Bertz CT molecular complexity index is 514. The van der Waals surface area contributed by atoms with E-state index in [2.05, 4.69) is 31.3 Å². The molecular formula is C17H24N2O. The lowest BCUT2D eigenvalue weighted by Crippen LogP contribution is -2.30. The SMILES string of the molecule is Cc1ccc(C(=O)N/N=C2/C[C@@H](C)CC(C)(C)C2)cc1. The first kappa shape index (κ1) is 14.8. The van der Waals surface area contributed by atoms with Crippen molar-refractivity contribution in [2.24, 2.45) is 16.4 Å². The zero-order valence-corrected chi connectivity index (χ0v) is 12.9. The van der Waals surface area contributed by atoms with Crippen LogP contribution in [0.2, 0.25) is 0 Å². The van der Waals surface area contributed by atoms with E-state index in [1.54, 1.807) is 0 Å². The smallest absolute Gasteiger partial charge is 0.267 e. The molecule has 1 amide bonds. The van der Waals surface area contributed by atoms with E-state index in [-0.39, 0.29) is 11.3 Å². The van der Waals surface area contributed by atoms with E-state index in [4.69, 9.17) is 0 Å². The normalized spacial score (nSPS) is 23.6. The molecular weight excluding hydrogens is 248 g/mol. The summed E-state index contributed by atoms with van der Waals surface area (Å²) < 4.78 is 0. The Morgan fingerprint density at radius 2 is 1.95 bits per heavy atom. The molecule has 1 N–H and O–H groups in total. The molecule has 0 unspecified atom stereocenters. The summed E-state index contributed by atoms with van der Waals surface area (Å²) in [6, 6.07) is 7.54. The van der Waals surface area contributed by atoms with Crippen LogP contribution in [-0.4, -0.2) is 11.6 Å². The topological polar surface area (TPSA) is 41.5 Å². The van der Waals surface area contributed by atoms with E-state index in [9.17, 15) is 4.79 Å². The average Bonchev–Trinajstić information content (AvgIpc) is 2.34. The van der Waals surface area contributed by atoms with E-state index in [0.29, 0.717) is 11.5 Å². The van der Waals surface area contributed by atoms with Crippen LogP contribution in [-0.2, 0) is 0 Å². The first-order valence-electron chi connectivity index (χ1n) is 7.28. The first-order valence-corrected chi connectivity index (χ1v) is 7.28. The van der Waals surface area contributed by atoms with Gasteiger partial charge in [0.1, 0.15) is 0 Å². The third kappa shape index (κ3) is 3.92. The fraction of sp³-hybridized carbons (Fsp3) is 0.529. The van der Waals surface area contributed by atoms with Gasteiger partial charge in [0.15, 0.2) is 0 Å². The second-order valence-corrected chi connectivity index (χ2v) is 6.84. The predicted octanol–water partition coefficient (Wildman–Crippen LogP) is 3.93. The molecule has 1 aromatic rings. The molecule has 1 saturated carbocycles. The maximum Gasteiger partial charge on any atom is 0.271 e. The summed E-state index contributed by atoms with van der Waals surface area (Å²) in [4.78, 5) is 12.0. The maximum atomic E-state index is 12.0. The zero-order valence-electron chi connectivity index (χ0n) is 12.9. The highest BCUT2D eigenvalue weighted by Gasteiger charge is 2.29. The van der Waals surface area contributed by atoms with E-state index in [0.717, 1.165) is 24.1 Å². The van der Waals surface area contributed by atoms with Crippen molar-refractivity contribution in [2.75, 3.05) is 0 Å². The number of hydrogen-bond donors (Lipinski definition) is 1. The van der Waals surface area contributed by atoms with Gasteiger partial charge < -0.3 is 0 Å². The highest BCUT2D eigenvalue weighted by Crippen LogP contribution is 2.36. The lowest BCUT2D eigenvalue weighted by Gasteiger charge is -2.34. The van der Waals surface area contributed by atoms with Crippen LogP contribution in [0.15, 0.2) is 29.4 Å². The number of hydrogen-bond acceptors (Lipinski definition) is 2. The number of aryl methyl sites for hydroxylation is 1. The second kappa shape index (κ2) is 5.78. The van der Waals surface area contributed by atoms with Gasteiger partial charge in [-0.15, -0.1) is 0 Å². The number of rotatable bonds is 2. The van der Waals surface area contributed by atoms with Gasteiger partial charge in [-0.05, 0) is 49.7 Å². The number of nitrogens with one attached hydrogen (secondary N) is 1. The lowest BCUT2D eigenvalue weighted by atomic mass is 9.72. The minimum absolute atomic E-state index is 0.131. The molecule has 3 nitrogen and oxygen atoms in total. The number of amides is 1. The third-order valence-corrected chi connectivity index (χ3v) is 3.80. The Hall–Kier alpha value is -1.64. The molecule has 0 aromatic heterocycles. The van der Waals surface area contributed by atoms with Gasteiger partial charge in [0, 0.05) is 11.3 Å². The molecule has 1 atom stereocenters. The molecule has 0 spiro atoms. The number of carbonyl (C=O) groups is 1. The number of benzene rings is 1. The Morgan fingerprint density at radius 3 is 2.55 bits per heavy atom. The van der Waals surface area contributed by atoms with Crippen molar-refractivity contribution in [3.8, 4) is 0 Å². The van der Waals surface area contributed by atoms with Crippen molar-refractivity contribution in [2.45, 2.75) is 47.0 Å². The molecule has 1 aliphatic carbocycles. The van der Waals surface area contributed by atoms with Gasteiger partial charge in [-0.2, -0.15) is 5.10 Å². The molecule has 0 saturated heterocycles. The molecule has 0 heterocycles. The summed E-state index contributed by atoms with van der Waals surface area (Å²) >= 11 is 0. The van der Waals surface area contributed by atoms with Gasteiger partial charge in [-0.1, -0.05) is 38.5 Å². The van der Waals surface area contributed by atoms with Crippen LogP contribution in [0.4, 0.5) is 0 Å². The minimum Gasteiger partial charge on any atom is -0.267 e. The molecule has 1 aliphatic rings. The predicted molar refractivity (Wildman–Crippen MR) is 82.9 cm³/mol. The summed E-state index contributed by atoms with van der Waals surface area (Å²) in [7, 11) is 0. The van der Waals surface area contributed by atoms with Crippen LogP contribution < -0.4 is 5.43 Å². The minimum atomic E-state index is -0.131. The standard InChI is InChI=1S/C17H24N2O/c1-12-5-7-14(8-6-12)16(20)19-18-15-9-13(2)10-17(3,4)11-15/h5-8,13H,9-11H2,1-4H3,(H,19,20)/b18-15-/t13-/m1/s1. The van der Waals surface area contributed by atoms with Crippen molar-refractivity contribution < 1.29 is 4.79 Å². The van der Waals surface area contributed by atoms with Gasteiger partial charge in [-0.3, -0.25) is 4.79 Å². The molecule has 1 fully saturated rings. The molecule has 20 heavy (non-hydrogen) atoms. The van der Waals surface area contributed by atoms with Gasteiger partial charge >= 0.3 is 0 Å². The second-order valence-electron chi connectivity index (χ2n) is 6.84. The van der Waals surface area contributed by atoms with Crippen LogP contribution >= 0.6 is 0 Å². The van der Waals surface area contributed by atoms with E-state index >= 15 is 0 Å². The number of carbonyl (C=O) groups excluding carboxylic acids is 1. The van der Waals surface area contributed by atoms with Gasteiger partial charge in [0.25, 0.3) is 5.91 Å². The van der Waals surface area contributed by atoms with E-state index in [1.165, 1.54) is 6.42 Å². The van der Waals surface area contributed by atoms with Crippen LogP contribution in [0.25, 0.3) is 0 Å². The summed E-state index contributed by atoms with van der Waals surface area (Å²) in [6.07, 6.45) is 3.17. The van der Waals surface area contributed by atoms with Crippen LogP contribution in [0.1, 0.15) is 56.0 Å². The highest BCUT2D eigenvalue weighted by atomic mass is 16.2. The summed E-state index contributed by atoms with van der Waals surface area (Å²) in [5.74, 6) is 0.502. The van der Waals surface area contributed by atoms with Crippen molar-refractivity contribution in [3.63, 3.8) is 0 Å². The fourth-order valence-corrected chi connectivity index (χ4v) is 3.10. The van der Waals surface area contributed by atoms with Crippen LogP contribution in [0, 0.1) is 18.3 Å². The monoisotopic (exact) mass is 272 g/mol. The van der Waals surface area contributed by atoms with Crippen molar-refractivity contribution in [3.05, 3.63) is 35.4 Å². The Balaban J connectivity index is 2.01. The summed E-state index contributed by atoms with van der Waals surface area (Å²) in [6.45, 7) is 8.78. The van der Waals surface area contributed by atoms with Crippen molar-refractivity contribution in [1.82, 2.24) is 5.43 Å². The Morgan fingerprint density at radius 1 is 1.30 bits per heavy atom. The lowest BCUT2D eigenvalue weighted by molar-refractivity contribution is 0.0954. The quantitative estimate of drug-likeness (QED) is 0.814. The average molecular weight is 272 g/mol. The Kier molecular flexibility index (Phi) is 4.26. The maximum absolute atomic E-state index is 12.0. The molecule has 2 rings (SSSR count). The third-order valence-electron chi connectivity index (χ3n) is 3.80. The van der Waals surface area contributed by atoms with Gasteiger partial charge in [0.05, 0.1) is 0 Å². The van der Waals surface area contributed by atoms with Crippen LogP contribution in [0.3, 0.4) is 0 Å².